The number of unbranched alkanes of at least 4 members (excludes halogenated alkanes) is 3. The lowest BCUT2D eigenvalue weighted by Gasteiger charge is -2.30. The maximum Gasteiger partial charge on any atom is 0.412 e. The molecule has 0 bridgehead atoms. The van der Waals surface area contributed by atoms with Gasteiger partial charge in [-0.1, -0.05) is 47.0 Å². The molecule has 6 N–H and O–H groups in total. The van der Waals surface area contributed by atoms with Gasteiger partial charge in [-0.05, 0) is 178 Å². The first-order valence-corrected chi connectivity index (χ1v) is 27.9. The van der Waals surface area contributed by atoms with Crippen molar-refractivity contribution >= 4 is 40.7 Å². The number of aromatic nitrogens is 2. The standard InChI is InChI=1S/C56H81N7O9.C3H8/c1-10-19-36(50(65)58-27-17-14-21-43(59-46(64)22-13-12-16-26-57)51(66)62-56(8,9)25-29-72-55(5,6)7)20-15-18-28-70-54(69)61-42-24-23-38-35(4)34(3)30-44-47(38)48(42)40-32-63-45(49(40)60-44)31-39-37(11-2)53(68)71-33-41(39)52(63)67;1-3-2/h18,28,30-31,36-37,42-43H,10-17,19-27,29,32-33,57H2,1-9H3,(H,58,65)(H,59,64)(H,61,69)(H,62,66);3H2,1-2H3/b28-18+;. The number of carbonyl (C=O) groups is 5. The molecule has 0 fully saturated rings. The zero-order valence-corrected chi connectivity index (χ0v) is 47.1. The van der Waals surface area contributed by atoms with Crippen LogP contribution in [0.2, 0.25) is 0 Å². The highest BCUT2D eigenvalue weighted by Gasteiger charge is 2.38. The van der Waals surface area contributed by atoms with Crippen molar-refractivity contribution in [2.24, 2.45) is 11.7 Å². The molecule has 3 aliphatic rings. The Labute approximate surface area is 445 Å². The third-order valence-electron chi connectivity index (χ3n) is 14.5. The van der Waals surface area contributed by atoms with Crippen molar-refractivity contribution in [3.8, 4) is 11.4 Å². The molecule has 16 nitrogen and oxygen atoms in total. The number of nitrogens with one attached hydrogen (secondary N) is 4. The summed E-state index contributed by atoms with van der Waals surface area (Å²) >= 11 is 0. The summed E-state index contributed by atoms with van der Waals surface area (Å²) in [6.07, 6.45) is 13.3. The number of rotatable bonds is 25. The van der Waals surface area contributed by atoms with Crippen molar-refractivity contribution < 1.29 is 38.2 Å². The van der Waals surface area contributed by atoms with Crippen LogP contribution >= 0.6 is 0 Å². The number of hydrogen-bond donors (Lipinski definition) is 5. The van der Waals surface area contributed by atoms with E-state index in [1.54, 1.807) is 10.6 Å². The zero-order valence-electron chi connectivity index (χ0n) is 47.1. The van der Waals surface area contributed by atoms with Crippen LogP contribution in [0.5, 0.6) is 0 Å². The van der Waals surface area contributed by atoms with Gasteiger partial charge in [-0.25, -0.2) is 9.78 Å². The van der Waals surface area contributed by atoms with E-state index in [-0.39, 0.29) is 53.9 Å². The normalized spacial score (nSPS) is 16.5. The molecule has 4 atom stereocenters. The van der Waals surface area contributed by atoms with Crippen LogP contribution in [0.1, 0.15) is 210 Å². The number of fused-ring (bicyclic) bond motifs is 5. The predicted molar refractivity (Wildman–Crippen MR) is 295 cm³/mol. The molecule has 2 aliphatic heterocycles. The van der Waals surface area contributed by atoms with E-state index in [4.69, 9.17) is 24.9 Å². The van der Waals surface area contributed by atoms with E-state index in [1.807, 2.05) is 54.5 Å². The summed E-state index contributed by atoms with van der Waals surface area (Å²) in [7, 11) is 0. The smallest absolute Gasteiger partial charge is 0.412 e. The molecule has 0 saturated carbocycles. The highest BCUT2D eigenvalue weighted by molar-refractivity contribution is 5.94. The van der Waals surface area contributed by atoms with Crippen molar-refractivity contribution in [2.45, 2.75) is 221 Å². The fraction of sp³-hybridized carbons (Fsp3) is 0.644. The molecule has 414 valence electrons. The molecule has 6 rings (SSSR count). The molecule has 75 heavy (non-hydrogen) atoms. The third-order valence-corrected chi connectivity index (χ3v) is 14.5. The molecule has 16 heteroatoms. The molecule has 0 saturated heterocycles. The number of carbonyl (C=O) groups excluding carboxylic acids is 5. The lowest BCUT2D eigenvalue weighted by Crippen LogP contribution is -2.53. The van der Waals surface area contributed by atoms with Gasteiger partial charge in [0.2, 0.25) is 17.7 Å². The number of allylic oxidation sites excluding steroid dienone is 1. The number of esters is 1. The van der Waals surface area contributed by atoms with E-state index in [1.165, 1.54) is 23.8 Å². The number of nitrogens with two attached hydrogens (primary N) is 1. The molecule has 0 radical (unpaired) electrons. The average Bonchev–Trinajstić information content (AvgIpc) is 3.72. The van der Waals surface area contributed by atoms with Gasteiger partial charge in [0.05, 0.1) is 52.8 Å². The second-order valence-electron chi connectivity index (χ2n) is 22.3. The maximum atomic E-state index is 14.0. The van der Waals surface area contributed by atoms with Gasteiger partial charge in [-0.3, -0.25) is 24.0 Å². The number of nitrogens with zero attached hydrogens (tertiary/aromatic N) is 2. The topological polar surface area (TPSA) is 222 Å². The van der Waals surface area contributed by atoms with Crippen LogP contribution in [0.25, 0.3) is 22.3 Å². The molecule has 0 spiro atoms. The highest BCUT2D eigenvalue weighted by Crippen LogP contribution is 2.45. The van der Waals surface area contributed by atoms with Crippen molar-refractivity contribution in [1.29, 1.82) is 0 Å². The minimum absolute atomic E-state index is 0.0426. The van der Waals surface area contributed by atoms with Crippen LogP contribution in [0.15, 0.2) is 29.3 Å². The molecule has 1 aromatic carbocycles. The van der Waals surface area contributed by atoms with Gasteiger partial charge in [0.25, 0.3) is 5.56 Å². The summed E-state index contributed by atoms with van der Waals surface area (Å²) in [6, 6.07) is 2.91. The number of aryl methyl sites for hydroxylation is 2. The second kappa shape index (κ2) is 28.0. The van der Waals surface area contributed by atoms with Crippen LogP contribution in [0, 0.1) is 19.8 Å². The Balaban J connectivity index is 0.00000338. The summed E-state index contributed by atoms with van der Waals surface area (Å²) in [6.45, 7) is 24.0. The number of benzene rings is 1. The van der Waals surface area contributed by atoms with Crippen molar-refractivity contribution in [2.75, 3.05) is 19.7 Å². The maximum absolute atomic E-state index is 14.0. The van der Waals surface area contributed by atoms with E-state index >= 15 is 0 Å². The Hall–Kier alpha value is -5.61. The number of cyclic esters (lactones) is 1. The van der Waals surface area contributed by atoms with E-state index < -0.39 is 29.6 Å². The molecule has 4 unspecified atom stereocenters. The molecule has 4 heterocycles. The Morgan fingerprint density at radius 1 is 0.933 bits per heavy atom. The van der Waals surface area contributed by atoms with Gasteiger partial charge in [-0.2, -0.15) is 0 Å². The Morgan fingerprint density at radius 2 is 1.68 bits per heavy atom. The van der Waals surface area contributed by atoms with Crippen LogP contribution in [0.3, 0.4) is 0 Å². The SMILES string of the molecule is CCC.CCCC(CC/C=C/OC(=O)NC1CCc2c(C)c(C)cc3nc4c(c1c23)Cn1c-4cc2c(c1=O)COC(=O)C2CC)C(=O)NCCCCC(NC(=O)CCCCCN)C(=O)NC(C)(C)CCOC(C)(C)C. The van der Waals surface area contributed by atoms with Crippen LogP contribution < -0.4 is 32.6 Å². The predicted octanol–water partition coefficient (Wildman–Crippen LogP) is 9.82. The lowest BCUT2D eigenvalue weighted by atomic mass is 9.81. The number of amides is 4. The summed E-state index contributed by atoms with van der Waals surface area (Å²) in [4.78, 5) is 85.3. The van der Waals surface area contributed by atoms with E-state index in [2.05, 4.69) is 55.0 Å². The Bertz CT molecular complexity index is 2580. The largest absolute Gasteiger partial charge is 0.460 e. The fourth-order valence-electron chi connectivity index (χ4n) is 10.4. The van der Waals surface area contributed by atoms with E-state index in [0.29, 0.717) is 113 Å². The monoisotopic (exact) mass is 1040 g/mol. The number of hydrogen-bond acceptors (Lipinski definition) is 11. The van der Waals surface area contributed by atoms with Crippen LogP contribution in [-0.2, 0) is 53.0 Å². The number of alkyl carbamates (subject to hydrolysis) is 1. The Kier molecular flexibility index (Phi) is 22.5. The van der Waals surface area contributed by atoms with E-state index in [9.17, 15) is 28.8 Å². The fourth-order valence-corrected chi connectivity index (χ4v) is 10.4. The number of pyridine rings is 2. The molecule has 4 amide bonds. The van der Waals surface area contributed by atoms with Gasteiger partial charge in [0.1, 0.15) is 12.6 Å². The van der Waals surface area contributed by atoms with Gasteiger partial charge < -0.3 is 45.8 Å². The Morgan fingerprint density at radius 3 is 2.37 bits per heavy atom. The number of ether oxygens (including phenoxy) is 3. The van der Waals surface area contributed by atoms with Crippen molar-refractivity contribution in [1.82, 2.24) is 30.8 Å². The van der Waals surface area contributed by atoms with E-state index in [0.717, 1.165) is 53.3 Å². The summed E-state index contributed by atoms with van der Waals surface area (Å²) in [5.74, 6) is -1.52. The highest BCUT2D eigenvalue weighted by atomic mass is 16.5. The minimum Gasteiger partial charge on any atom is -0.460 e. The first-order valence-electron chi connectivity index (χ1n) is 27.9. The minimum atomic E-state index is -0.704. The molecule has 2 aromatic heterocycles. The first kappa shape index (κ1) is 60.3. The van der Waals surface area contributed by atoms with Gasteiger partial charge in [0, 0.05) is 42.0 Å². The summed E-state index contributed by atoms with van der Waals surface area (Å²) in [5, 5.41) is 13.3. The molecular formula is C59H89N7O9. The lowest BCUT2D eigenvalue weighted by molar-refractivity contribution is -0.148. The molecule has 1 aliphatic carbocycles. The van der Waals surface area contributed by atoms with Crippen molar-refractivity contribution in [3.63, 3.8) is 0 Å². The quantitative estimate of drug-likeness (QED) is 0.0239. The summed E-state index contributed by atoms with van der Waals surface area (Å²) in [5.41, 5.74) is 13.3. The van der Waals surface area contributed by atoms with Gasteiger partial charge in [-0.15, -0.1) is 0 Å². The molecular weight excluding hydrogens is 951 g/mol. The average molecular weight is 1040 g/mol. The summed E-state index contributed by atoms with van der Waals surface area (Å²) < 4.78 is 18.6. The van der Waals surface area contributed by atoms with Gasteiger partial charge in [0.15, 0.2) is 0 Å². The zero-order chi connectivity index (χ0) is 55.0. The van der Waals surface area contributed by atoms with Crippen molar-refractivity contribution in [3.05, 3.63) is 73.8 Å². The second-order valence-corrected chi connectivity index (χ2v) is 22.3. The van der Waals surface area contributed by atoms with Gasteiger partial charge >= 0.3 is 12.1 Å². The molecule has 3 aromatic rings. The van der Waals surface area contributed by atoms with Crippen LogP contribution in [-0.4, -0.2) is 76.2 Å². The third kappa shape index (κ3) is 16.2. The van der Waals surface area contributed by atoms with Crippen LogP contribution in [0.4, 0.5) is 4.79 Å². The first-order chi connectivity index (χ1) is 35.7.